The second-order valence-corrected chi connectivity index (χ2v) is 6.90. The van der Waals surface area contributed by atoms with E-state index in [1.807, 2.05) is 26.1 Å². The Balaban J connectivity index is 1.87. The van der Waals surface area contributed by atoms with Crippen molar-refractivity contribution in [3.05, 3.63) is 58.0 Å². The van der Waals surface area contributed by atoms with Gasteiger partial charge in [-0.15, -0.1) is 0 Å². The van der Waals surface area contributed by atoms with Crippen LogP contribution in [0.2, 0.25) is 0 Å². The molecule has 26 heavy (non-hydrogen) atoms. The molecule has 136 valence electrons. The molecule has 0 aromatic heterocycles. The molecule has 1 aliphatic rings. The van der Waals surface area contributed by atoms with E-state index in [0.717, 1.165) is 16.9 Å². The minimum atomic E-state index is -0.422. The first-order valence-electron chi connectivity index (χ1n) is 9.11. The lowest BCUT2D eigenvalue weighted by Crippen LogP contribution is -2.48. The SMILES string of the molecule is CCc1ccc(C)c(-c2ccc3c(c2)=CNC(NC(=O)OC(C)C)C=3)c1. The number of carbonyl (C=O) groups excluding carboxylic acids is 1. The van der Waals surface area contributed by atoms with Crippen LogP contribution in [0, 0.1) is 6.92 Å². The molecular weight excluding hydrogens is 324 g/mol. The molecule has 0 saturated carbocycles. The van der Waals surface area contributed by atoms with Crippen LogP contribution >= 0.6 is 0 Å². The van der Waals surface area contributed by atoms with Gasteiger partial charge in [0.05, 0.1) is 6.10 Å². The number of fused-ring (bicyclic) bond motifs is 1. The standard InChI is InChI=1S/C22H26N2O2/c1-5-16-7-6-15(4)20(10-16)18-9-8-17-12-21(23-13-19(17)11-18)24-22(25)26-14(2)3/h6-14,21,23H,5H2,1-4H3,(H,24,25). The van der Waals surface area contributed by atoms with Crippen LogP contribution < -0.4 is 21.1 Å². The summed E-state index contributed by atoms with van der Waals surface area (Å²) >= 11 is 0. The average molecular weight is 350 g/mol. The van der Waals surface area contributed by atoms with Crippen molar-refractivity contribution in [3.8, 4) is 11.1 Å². The highest BCUT2D eigenvalue weighted by Crippen LogP contribution is 2.23. The third kappa shape index (κ3) is 4.07. The number of carbonyl (C=O) groups is 1. The van der Waals surface area contributed by atoms with Crippen LogP contribution in [0.25, 0.3) is 23.4 Å². The maximum atomic E-state index is 11.8. The van der Waals surface area contributed by atoms with Crippen molar-refractivity contribution in [1.82, 2.24) is 10.6 Å². The predicted molar refractivity (Wildman–Crippen MR) is 106 cm³/mol. The molecule has 2 N–H and O–H groups in total. The first-order valence-corrected chi connectivity index (χ1v) is 9.11. The molecular formula is C22H26N2O2. The molecule has 0 radical (unpaired) electrons. The van der Waals surface area contributed by atoms with Gasteiger partial charge >= 0.3 is 6.09 Å². The highest BCUT2D eigenvalue weighted by molar-refractivity contribution is 5.71. The van der Waals surface area contributed by atoms with Crippen LogP contribution in [0.3, 0.4) is 0 Å². The third-order valence-electron chi connectivity index (χ3n) is 4.49. The van der Waals surface area contributed by atoms with Crippen LogP contribution in [-0.2, 0) is 11.2 Å². The van der Waals surface area contributed by atoms with Crippen molar-refractivity contribution in [2.24, 2.45) is 0 Å². The largest absolute Gasteiger partial charge is 0.447 e. The summed E-state index contributed by atoms with van der Waals surface area (Å²) in [7, 11) is 0. The summed E-state index contributed by atoms with van der Waals surface area (Å²) in [6, 6.07) is 13.1. The number of alkyl carbamates (subject to hydrolysis) is 1. The second-order valence-electron chi connectivity index (χ2n) is 6.90. The van der Waals surface area contributed by atoms with Gasteiger partial charge in [-0.25, -0.2) is 4.79 Å². The molecule has 1 amide bonds. The lowest BCUT2D eigenvalue weighted by atomic mass is 9.96. The molecule has 1 aliphatic heterocycles. The summed E-state index contributed by atoms with van der Waals surface area (Å²) in [5.41, 5.74) is 5.07. The fraction of sp³-hybridized carbons (Fsp3) is 0.318. The molecule has 2 aromatic rings. The number of ether oxygens (including phenoxy) is 1. The maximum Gasteiger partial charge on any atom is 0.409 e. The van der Waals surface area contributed by atoms with Crippen molar-refractivity contribution in [3.63, 3.8) is 0 Å². The molecule has 0 fully saturated rings. The van der Waals surface area contributed by atoms with E-state index in [9.17, 15) is 4.79 Å². The van der Waals surface area contributed by atoms with Gasteiger partial charge in [0, 0.05) is 6.20 Å². The minimum absolute atomic E-state index is 0.139. The Labute approximate surface area is 154 Å². The lowest BCUT2D eigenvalue weighted by molar-refractivity contribution is 0.113. The number of hydrogen-bond acceptors (Lipinski definition) is 3. The van der Waals surface area contributed by atoms with E-state index in [1.54, 1.807) is 0 Å². The molecule has 0 aliphatic carbocycles. The van der Waals surface area contributed by atoms with Crippen LogP contribution in [0.5, 0.6) is 0 Å². The fourth-order valence-corrected chi connectivity index (χ4v) is 3.08. The van der Waals surface area contributed by atoms with Crippen molar-refractivity contribution in [1.29, 1.82) is 0 Å². The summed E-state index contributed by atoms with van der Waals surface area (Å²) in [6.07, 6.45) is 4.13. The van der Waals surface area contributed by atoms with Gasteiger partial charge < -0.3 is 10.1 Å². The Kier molecular flexibility index (Phi) is 5.31. The summed E-state index contributed by atoms with van der Waals surface area (Å²) in [5.74, 6) is 0. The van der Waals surface area contributed by atoms with Gasteiger partial charge in [0.2, 0.25) is 0 Å². The molecule has 1 atom stereocenters. The molecule has 3 rings (SSSR count). The van der Waals surface area contributed by atoms with Gasteiger partial charge in [-0.3, -0.25) is 5.32 Å². The molecule has 4 heteroatoms. The average Bonchev–Trinajstić information content (AvgIpc) is 2.61. The maximum absolute atomic E-state index is 11.8. The van der Waals surface area contributed by atoms with E-state index in [4.69, 9.17) is 4.74 Å². The molecule has 0 spiro atoms. The molecule has 1 unspecified atom stereocenters. The van der Waals surface area contributed by atoms with E-state index in [2.05, 4.69) is 60.9 Å². The smallest absolute Gasteiger partial charge is 0.409 e. The number of amides is 1. The summed E-state index contributed by atoms with van der Waals surface area (Å²) < 4.78 is 5.13. The first-order chi connectivity index (χ1) is 12.5. The molecule has 0 saturated heterocycles. The number of rotatable bonds is 4. The van der Waals surface area contributed by atoms with Gasteiger partial charge in [-0.1, -0.05) is 37.3 Å². The number of nitrogens with one attached hydrogen (secondary N) is 2. The first kappa shape index (κ1) is 18.1. The van der Waals surface area contributed by atoms with E-state index >= 15 is 0 Å². The van der Waals surface area contributed by atoms with Gasteiger partial charge in [0.1, 0.15) is 6.17 Å². The Morgan fingerprint density at radius 2 is 2.00 bits per heavy atom. The van der Waals surface area contributed by atoms with E-state index in [1.165, 1.54) is 22.3 Å². The van der Waals surface area contributed by atoms with Gasteiger partial charge in [0.25, 0.3) is 0 Å². The van der Waals surface area contributed by atoms with Crippen LogP contribution in [0.15, 0.2) is 36.4 Å². The summed E-state index contributed by atoms with van der Waals surface area (Å²) in [5, 5.41) is 8.21. The Hall–Kier alpha value is -2.75. The number of aryl methyl sites for hydroxylation is 2. The van der Waals surface area contributed by atoms with Crippen molar-refractivity contribution < 1.29 is 9.53 Å². The molecule has 2 aromatic carbocycles. The lowest BCUT2D eigenvalue weighted by Gasteiger charge is -2.19. The highest BCUT2D eigenvalue weighted by Gasteiger charge is 2.13. The minimum Gasteiger partial charge on any atom is -0.447 e. The molecule has 0 bridgehead atoms. The van der Waals surface area contributed by atoms with Crippen molar-refractivity contribution in [2.45, 2.75) is 46.4 Å². The fourth-order valence-electron chi connectivity index (χ4n) is 3.08. The van der Waals surface area contributed by atoms with Crippen LogP contribution in [-0.4, -0.2) is 18.4 Å². The van der Waals surface area contributed by atoms with E-state index in [-0.39, 0.29) is 12.3 Å². The van der Waals surface area contributed by atoms with E-state index in [0.29, 0.717) is 0 Å². The summed E-state index contributed by atoms with van der Waals surface area (Å²) in [4.78, 5) is 11.8. The number of benzene rings is 2. The zero-order valence-electron chi connectivity index (χ0n) is 15.8. The van der Waals surface area contributed by atoms with Crippen molar-refractivity contribution in [2.75, 3.05) is 0 Å². The zero-order valence-corrected chi connectivity index (χ0v) is 15.8. The van der Waals surface area contributed by atoms with Crippen molar-refractivity contribution >= 4 is 18.4 Å². The second kappa shape index (κ2) is 7.65. The highest BCUT2D eigenvalue weighted by atomic mass is 16.6. The Morgan fingerprint density at radius 1 is 1.19 bits per heavy atom. The molecule has 4 nitrogen and oxygen atoms in total. The van der Waals surface area contributed by atoms with Gasteiger partial charge in [-0.05, 0) is 72.0 Å². The van der Waals surface area contributed by atoms with Crippen LogP contribution in [0.4, 0.5) is 4.79 Å². The summed E-state index contributed by atoms with van der Waals surface area (Å²) in [6.45, 7) is 7.97. The Bertz CT molecular complexity index is 932. The monoisotopic (exact) mass is 350 g/mol. The van der Waals surface area contributed by atoms with E-state index < -0.39 is 6.09 Å². The quantitative estimate of drug-likeness (QED) is 0.891. The van der Waals surface area contributed by atoms with Gasteiger partial charge in [-0.2, -0.15) is 0 Å². The number of hydrogen-bond donors (Lipinski definition) is 2. The van der Waals surface area contributed by atoms with Gasteiger partial charge in [0.15, 0.2) is 0 Å². The molecule has 1 heterocycles. The Morgan fingerprint density at radius 3 is 2.73 bits per heavy atom. The van der Waals surface area contributed by atoms with Crippen LogP contribution in [0.1, 0.15) is 31.9 Å². The topological polar surface area (TPSA) is 50.4 Å². The normalized spacial score (nSPS) is 15.3. The third-order valence-corrected chi connectivity index (χ3v) is 4.49. The zero-order chi connectivity index (χ0) is 18.7. The predicted octanol–water partition coefficient (Wildman–Crippen LogP) is 2.81.